The lowest BCUT2D eigenvalue weighted by Crippen LogP contribution is -2.17. The predicted octanol–water partition coefficient (Wildman–Crippen LogP) is 4.70. The average molecular weight is 344 g/mol. The summed E-state index contributed by atoms with van der Waals surface area (Å²) < 4.78 is 18.7. The Morgan fingerprint density at radius 1 is 1.08 bits per heavy atom. The van der Waals surface area contributed by atoms with Gasteiger partial charge in [-0.1, -0.05) is 41.9 Å². The van der Waals surface area contributed by atoms with E-state index in [2.05, 4.69) is 9.97 Å². The lowest BCUT2D eigenvalue weighted by atomic mass is 10.2. The van der Waals surface area contributed by atoms with Crippen LogP contribution < -0.4 is 9.64 Å². The Bertz CT molecular complexity index is 830. The molecule has 0 radical (unpaired) electrons. The van der Waals surface area contributed by atoms with Crippen molar-refractivity contribution in [1.82, 2.24) is 9.97 Å². The minimum Gasteiger partial charge on any atom is -0.437 e. The molecule has 0 saturated carbocycles. The smallest absolute Gasteiger partial charge is 0.224 e. The van der Waals surface area contributed by atoms with E-state index in [0.29, 0.717) is 24.0 Å². The first-order chi connectivity index (χ1) is 11.6. The minimum absolute atomic E-state index is 0.188. The molecule has 122 valence electrons. The summed E-state index contributed by atoms with van der Waals surface area (Å²) in [5.74, 6) is 0.974. The molecule has 0 saturated heterocycles. The normalized spacial score (nSPS) is 10.5. The monoisotopic (exact) mass is 343 g/mol. The molecule has 4 nitrogen and oxygen atoms in total. The third kappa shape index (κ3) is 4.00. The van der Waals surface area contributed by atoms with Gasteiger partial charge in [-0.2, -0.15) is 0 Å². The Labute approximate surface area is 144 Å². The number of ether oxygens (including phenoxy) is 1. The first-order valence-corrected chi connectivity index (χ1v) is 7.69. The largest absolute Gasteiger partial charge is 0.437 e. The molecule has 3 rings (SSSR count). The van der Waals surface area contributed by atoms with Gasteiger partial charge in [0, 0.05) is 19.7 Å². The van der Waals surface area contributed by atoms with Crippen molar-refractivity contribution < 1.29 is 9.13 Å². The molecule has 0 atom stereocenters. The molecule has 24 heavy (non-hydrogen) atoms. The first-order valence-electron chi connectivity index (χ1n) is 7.32. The van der Waals surface area contributed by atoms with Crippen LogP contribution in [0.3, 0.4) is 0 Å². The van der Waals surface area contributed by atoms with Gasteiger partial charge in [-0.15, -0.1) is 0 Å². The van der Waals surface area contributed by atoms with E-state index in [9.17, 15) is 4.39 Å². The molecule has 0 aliphatic rings. The predicted molar refractivity (Wildman–Crippen MR) is 92.1 cm³/mol. The summed E-state index contributed by atoms with van der Waals surface area (Å²) in [7, 11) is 1.93. The van der Waals surface area contributed by atoms with Crippen molar-refractivity contribution in [2.45, 2.75) is 6.54 Å². The van der Waals surface area contributed by atoms with Crippen molar-refractivity contribution in [3.63, 3.8) is 0 Å². The van der Waals surface area contributed by atoms with Crippen molar-refractivity contribution >= 4 is 17.4 Å². The van der Waals surface area contributed by atoms with Crippen LogP contribution >= 0.6 is 11.6 Å². The van der Waals surface area contributed by atoms with Gasteiger partial charge in [0.1, 0.15) is 23.7 Å². The Hall–Kier alpha value is -2.66. The van der Waals surface area contributed by atoms with Crippen LogP contribution in [-0.2, 0) is 6.54 Å². The van der Waals surface area contributed by atoms with Crippen molar-refractivity contribution in [2.24, 2.45) is 0 Å². The molecule has 0 unspecified atom stereocenters. The van der Waals surface area contributed by atoms with E-state index in [1.54, 1.807) is 6.07 Å². The van der Waals surface area contributed by atoms with Gasteiger partial charge in [0.25, 0.3) is 0 Å². The average Bonchev–Trinajstić information content (AvgIpc) is 2.59. The van der Waals surface area contributed by atoms with Gasteiger partial charge in [-0.3, -0.25) is 0 Å². The van der Waals surface area contributed by atoms with Crippen molar-refractivity contribution in [2.75, 3.05) is 11.9 Å². The van der Waals surface area contributed by atoms with Gasteiger partial charge < -0.3 is 9.64 Å². The molecule has 0 aliphatic heterocycles. The Morgan fingerprint density at radius 3 is 2.62 bits per heavy atom. The van der Waals surface area contributed by atoms with Crippen LogP contribution in [-0.4, -0.2) is 17.0 Å². The number of nitrogens with zero attached hydrogens (tertiary/aromatic N) is 3. The van der Waals surface area contributed by atoms with Crippen molar-refractivity contribution in [3.05, 3.63) is 77.3 Å². The number of rotatable bonds is 5. The maximum Gasteiger partial charge on any atom is 0.224 e. The molecule has 0 spiro atoms. The molecule has 3 aromatic rings. The van der Waals surface area contributed by atoms with Gasteiger partial charge in [0.05, 0.1) is 5.02 Å². The topological polar surface area (TPSA) is 38.2 Å². The molecule has 1 aromatic heterocycles. The summed E-state index contributed by atoms with van der Waals surface area (Å²) in [5.41, 5.74) is 1.17. The van der Waals surface area contributed by atoms with Gasteiger partial charge in [0.15, 0.2) is 0 Å². The zero-order valence-corrected chi connectivity index (χ0v) is 13.7. The maximum atomic E-state index is 13.1. The maximum absolute atomic E-state index is 13.1. The van der Waals surface area contributed by atoms with E-state index in [1.165, 1.54) is 30.1 Å². The summed E-state index contributed by atoms with van der Waals surface area (Å²) in [4.78, 5) is 10.3. The number of anilines is 1. The SMILES string of the molecule is CN(Cc1ccccc1)c1cc(Oc2ccc(F)cc2Cl)ncn1. The lowest BCUT2D eigenvalue weighted by molar-refractivity contribution is 0.460. The molecule has 6 heteroatoms. The second kappa shape index (κ2) is 7.27. The second-order valence-electron chi connectivity index (χ2n) is 5.23. The highest BCUT2D eigenvalue weighted by Crippen LogP contribution is 2.29. The Morgan fingerprint density at radius 2 is 1.88 bits per heavy atom. The highest BCUT2D eigenvalue weighted by Gasteiger charge is 2.09. The lowest BCUT2D eigenvalue weighted by Gasteiger charge is -2.18. The first kappa shape index (κ1) is 16.2. The highest BCUT2D eigenvalue weighted by molar-refractivity contribution is 6.32. The standard InChI is InChI=1S/C18H15ClFN3O/c1-23(11-13-5-3-2-4-6-13)17-10-18(22-12-21-17)24-16-8-7-14(20)9-15(16)19/h2-10,12H,11H2,1H3. The van der Waals surface area contributed by atoms with Gasteiger partial charge in [0.2, 0.25) is 5.88 Å². The molecular formula is C18H15ClFN3O. The molecular weight excluding hydrogens is 329 g/mol. The van der Waals surface area contributed by atoms with Crippen molar-refractivity contribution in [1.29, 1.82) is 0 Å². The van der Waals surface area contributed by atoms with Crippen molar-refractivity contribution in [3.8, 4) is 11.6 Å². The fourth-order valence-electron chi connectivity index (χ4n) is 2.20. The van der Waals surface area contributed by atoms with Crippen LogP contribution in [0.15, 0.2) is 60.9 Å². The number of hydrogen-bond donors (Lipinski definition) is 0. The zero-order valence-electron chi connectivity index (χ0n) is 13.0. The molecule has 1 heterocycles. The highest BCUT2D eigenvalue weighted by atomic mass is 35.5. The van der Waals surface area contributed by atoms with Gasteiger partial charge in [-0.25, -0.2) is 14.4 Å². The number of benzene rings is 2. The van der Waals surface area contributed by atoms with Crippen LogP contribution in [0.4, 0.5) is 10.2 Å². The quantitative estimate of drug-likeness (QED) is 0.673. The number of hydrogen-bond acceptors (Lipinski definition) is 4. The molecule has 0 N–H and O–H groups in total. The molecule has 0 bridgehead atoms. The van der Waals surface area contributed by atoms with E-state index in [-0.39, 0.29) is 5.02 Å². The minimum atomic E-state index is -0.418. The Kier molecular flexibility index (Phi) is 4.91. The van der Waals surface area contributed by atoms with Crippen LogP contribution in [0.25, 0.3) is 0 Å². The molecule has 0 amide bonds. The molecule has 0 aliphatic carbocycles. The Balaban J connectivity index is 1.76. The van der Waals surface area contributed by atoms with Crippen LogP contribution in [0.2, 0.25) is 5.02 Å². The molecule has 2 aromatic carbocycles. The van der Waals surface area contributed by atoms with Crippen LogP contribution in [0, 0.1) is 5.82 Å². The fourth-order valence-corrected chi connectivity index (χ4v) is 2.41. The van der Waals surface area contributed by atoms with E-state index >= 15 is 0 Å². The van der Waals surface area contributed by atoms with E-state index in [1.807, 2.05) is 42.3 Å². The summed E-state index contributed by atoms with van der Waals surface area (Å²) >= 11 is 5.97. The van der Waals surface area contributed by atoms with Crippen LogP contribution in [0.5, 0.6) is 11.6 Å². The summed E-state index contributed by atoms with van der Waals surface area (Å²) in [6.07, 6.45) is 1.42. The van der Waals surface area contributed by atoms with E-state index < -0.39 is 5.82 Å². The third-order valence-electron chi connectivity index (χ3n) is 3.39. The summed E-state index contributed by atoms with van der Waals surface area (Å²) in [6, 6.07) is 15.7. The van der Waals surface area contributed by atoms with Crippen LogP contribution in [0.1, 0.15) is 5.56 Å². The van der Waals surface area contributed by atoms with E-state index in [0.717, 1.165) is 0 Å². The zero-order chi connectivity index (χ0) is 16.9. The number of halogens is 2. The summed E-state index contributed by atoms with van der Waals surface area (Å²) in [6.45, 7) is 0.703. The van der Waals surface area contributed by atoms with Gasteiger partial charge in [-0.05, 0) is 23.8 Å². The van der Waals surface area contributed by atoms with Gasteiger partial charge >= 0.3 is 0 Å². The third-order valence-corrected chi connectivity index (χ3v) is 3.69. The second-order valence-corrected chi connectivity index (χ2v) is 5.64. The summed E-state index contributed by atoms with van der Waals surface area (Å²) in [5, 5.41) is 0.188. The fraction of sp³-hybridized carbons (Fsp3) is 0.111. The van der Waals surface area contributed by atoms with E-state index in [4.69, 9.17) is 16.3 Å². The molecule has 0 fully saturated rings. The number of aromatic nitrogens is 2.